The molecule has 1 aromatic heterocycles. The molecule has 0 aliphatic carbocycles. The van der Waals surface area contributed by atoms with Gasteiger partial charge in [-0.25, -0.2) is 9.59 Å². The van der Waals surface area contributed by atoms with Crippen molar-refractivity contribution >= 4 is 39.9 Å². The third kappa shape index (κ3) is 4.62. The second-order valence-corrected chi connectivity index (χ2v) is 5.10. The maximum atomic E-state index is 11.5. The number of nitrogens with one attached hydrogen (secondary N) is 2. The SMILES string of the molecule is CCC[C@@H](NC(=O)Nc1ccc(Cl)s1)C(=O)O. The van der Waals surface area contributed by atoms with Gasteiger partial charge in [-0.2, -0.15) is 0 Å². The van der Waals surface area contributed by atoms with Gasteiger partial charge in [0.1, 0.15) is 6.04 Å². The molecule has 0 radical (unpaired) electrons. The van der Waals surface area contributed by atoms with Crippen molar-refractivity contribution in [3.05, 3.63) is 16.5 Å². The largest absolute Gasteiger partial charge is 0.480 e. The van der Waals surface area contributed by atoms with E-state index in [1.54, 1.807) is 12.1 Å². The van der Waals surface area contributed by atoms with Crippen LogP contribution in [-0.2, 0) is 4.79 Å². The standard InChI is InChI=1S/C10H13ClN2O3S/c1-2-3-6(9(14)15)12-10(16)13-8-5-4-7(11)17-8/h4-6H,2-3H2,1H3,(H,14,15)(H2,12,13,16)/t6-/m1/s1. The molecular weight excluding hydrogens is 264 g/mol. The van der Waals surface area contributed by atoms with E-state index < -0.39 is 18.0 Å². The number of halogens is 1. The van der Waals surface area contributed by atoms with E-state index in [0.717, 1.165) is 0 Å². The number of thiophene rings is 1. The van der Waals surface area contributed by atoms with Crippen LogP contribution in [0.1, 0.15) is 19.8 Å². The molecule has 0 aromatic carbocycles. The third-order valence-corrected chi connectivity index (χ3v) is 3.14. The Morgan fingerprint density at radius 1 is 1.53 bits per heavy atom. The first-order valence-electron chi connectivity index (χ1n) is 5.08. The van der Waals surface area contributed by atoms with Crippen LogP contribution in [0, 0.1) is 0 Å². The number of hydrogen-bond acceptors (Lipinski definition) is 3. The maximum absolute atomic E-state index is 11.5. The van der Waals surface area contributed by atoms with Crippen LogP contribution in [0.2, 0.25) is 4.34 Å². The fourth-order valence-corrected chi connectivity index (χ4v) is 2.17. The second kappa shape index (κ2) is 6.46. The third-order valence-electron chi connectivity index (χ3n) is 1.99. The zero-order valence-corrected chi connectivity index (χ0v) is 10.8. The van der Waals surface area contributed by atoms with Crippen molar-refractivity contribution in [2.24, 2.45) is 0 Å². The first-order chi connectivity index (χ1) is 8.02. The zero-order chi connectivity index (χ0) is 12.8. The number of carboxylic acids is 1. The predicted octanol–water partition coefficient (Wildman–Crippen LogP) is 2.78. The minimum absolute atomic E-state index is 0.397. The molecule has 3 N–H and O–H groups in total. The van der Waals surface area contributed by atoms with E-state index in [1.807, 2.05) is 6.92 Å². The molecule has 1 heterocycles. The molecule has 5 nitrogen and oxygen atoms in total. The van der Waals surface area contributed by atoms with Crippen molar-refractivity contribution in [2.75, 3.05) is 5.32 Å². The quantitative estimate of drug-likeness (QED) is 0.774. The van der Waals surface area contributed by atoms with Crippen LogP contribution in [0.4, 0.5) is 9.80 Å². The number of carboxylic acid groups (broad SMARTS) is 1. The Hall–Kier alpha value is -1.27. The first-order valence-corrected chi connectivity index (χ1v) is 6.28. The molecule has 1 atom stereocenters. The van der Waals surface area contributed by atoms with E-state index in [2.05, 4.69) is 10.6 Å². The Labute approximate surface area is 108 Å². The average Bonchev–Trinajstić information content (AvgIpc) is 2.63. The Morgan fingerprint density at radius 2 is 2.24 bits per heavy atom. The molecule has 2 amide bonds. The van der Waals surface area contributed by atoms with Crippen molar-refractivity contribution in [3.63, 3.8) is 0 Å². The van der Waals surface area contributed by atoms with E-state index in [9.17, 15) is 9.59 Å². The molecule has 0 spiro atoms. The van der Waals surface area contributed by atoms with Crippen LogP contribution in [0.15, 0.2) is 12.1 Å². The monoisotopic (exact) mass is 276 g/mol. The van der Waals surface area contributed by atoms with Crippen molar-refractivity contribution in [1.29, 1.82) is 0 Å². The van der Waals surface area contributed by atoms with Gasteiger partial charge in [-0.15, -0.1) is 11.3 Å². The number of carbonyl (C=O) groups excluding carboxylic acids is 1. The van der Waals surface area contributed by atoms with Gasteiger partial charge >= 0.3 is 12.0 Å². The number of amides is 2. The molecule has 0 aliphatic heterocycles. The molecule has 1 rings (SSSR count). The minimum Gasteiger partial charge on any atom is -0.480 e. The lowest BCUT2D eigenvalue weighted by Gasteiger charge is -2.13. The van der Waals surface area contributed by atoms with Crippen LogP contribution >= 0.6 is 22.9 Å². The summed E-state index contributed by atoms with van der Waals surface area (Å²) in [5.74, 6) is -1.04. The van der Waals surface area contributed by atoms with Gasteiger partial charge in [0, 0.05) is 0 Å². The summed E-state index contributed by atoms with van der Waals surface area (Å²) < 4.78 is 0.559. The van der Waals surface area contributed by atoms with Crippen LogP contribution in [0.3, 0.4) is 0 Å². The Bertz CT molecular complexity index is 408. The van der Waals surface area contributed by atoms with Gasteiger partial charge in [0.15, 0.2) is 0 Å². The lowest BCUT2D eigenvalue weighted by molar-refractivity contribution is -0.139. The molecule has 0 aliphatic rings. The van der Waals surface area contributed by atoms with Crippen molar-refractivity contribution in [2.45, 2.75) is 25.8 Å². The number of carbonyl (C=O) groups is 2. The second-order valence-electron chi connectivity index (χ2n) is 3.38. The van der Waals surface area contributed by atoms with Crippen molar-refractivity contribution in [1.82, 2.24) is 5.32 Å². The Kier molecular flexibility index (Phi) is 5.24. The van der Waals surface area contributed by atoms with Crippen LogP contribution in [0.5, 0.6) is 0 Å². The number of hydrogen-bond donors (Lipinski definition) is 3. The van der Waals surface area contributed by atoms with Gasteiger partial charge in [0.05, 0.1) is 9.34 Å². The smallest absolute Gasteiger partial charge is 0.326 e. The fourth-order valence-electron chi connectivity index (χ4n) is 1.23. The predicted molar refractivity (Wildman–Crippen MR) is 67.8 cm³/mol. The molecule has 0 bridgehead atoms. The summed E-state index contributed by atoms with van der Waals surface area (Å²) in [6.45, 7) is 1.86. The van der Waals surface area contributed by atoms with E-state index in [4.69, 9.17) is 16.7 Å². The van der Waals surface area contributed by atoms with Crippen LogP contribution in [0.25, 0.3) is 0 Å². The molecular formula is C10H13ClN2O3S. The minimum atomic E-state index is -1.04. The van der Waals surface area contributed by atoms with Crippen molar-refractivity contribution < 1.29 is 14.7 Å². The first kappa shape index (κ1) is 13.8. The molecule has 0 fully saturated rings. The van der Waals surface area contributed by atoms with E-state index in [-0.39, 0.29) is 0 Å². The highest BCUT2D eigenvalue weighted by atomic mass is 35.5. The van der Waals surface area contributed by atoms with Gasteiger partial charge < -0.3 is 10.4 Å². The Balaban J connectivity index is 2.50. The van der Waals surface area contributed by atoms with Crippen molar-refractivity contribution in [3.8, 4) is 0 Å². The number of anilines is 1. The molecule has 94 valence electrons. The summed E-state index contributed by atoms with van der Waals surface area (Å²) in [5.41, 5.74) is 0. The highest BCUT2D eigenvalue weighted by molar-refractivity contribution is 7.20. The molecule has 17 heavy (non-hydrogen) atoms. The molecule has 0 unspecified atom stereocenters. The molecule has 7 heteroatoms. The zero-order valence-electron chi connectivity index (χ0n) is 9.20. The highest BCUT2D eigenvalue weighted by Crippen LogP contribution is 2.25. The van der Waals surface area contributed by atoms with Gasteiger partial charge in [-0.1, -0.05) is 24.9 Å². The average molecular weight is 277 g/mol. The van der Waals surface area contributed by atoms with Gasteiger partial charge in [-0.3, -0.25) is 5.32 Å². The molecule has 0 saturated heterocycles. The summed E-state index contributed by atoms with van der Waals surface area (Å²) in [5, 5.41) is 14.4. The maximum Gasteiger partial charge on any atom is 0.326 e. The molecule has 1 aromatic rings. The summed E-state index contributed by atoms with van der Waals surface area (Å²) in [6, 6.07) is 1.91. The number of aliphatic carboxylic acids is 1. The van der Waals surface area contributed by atoms with Crippen LogP contribution < -0.4 is 10.6 Å². The summed E-state index contributed by atoms with van der Waals surface area (Å²) in [7, 11) is 0. The van der Waals surface area contributed by atoms with Gasteiger partial charge in [0.25, 0.3) is 0 Å². The number of rotatable bonds is 5. The Morgan fingerprint density at radius 3 is 2.71 bits per heavy atom. The normalized spacial score (nSPS) is 11.9. The van der Waals surface area contributed by atoms with E-state index in [0.29, 0.717) is 22.2 Å². The summed E-state index contributed by atoms with van der Waals surface area (Å²) >= 11 is 6.91. The highest BCUT2D eigenvalue weighted by Gasteiger charge is 2.18. The topological polar surface area (TPSA) is 78.4 Å². The van der Waals surface area contributed by atoms with E-state index in [1.165, 1.54) is 11.3 Å². The lowest BCUT2D eigenvalue weighted by Crippen LogP contribution is -2.42. The summed E-state index contributed by atoms with van der Waals surface area (Å²) in [4.78, 5) is 22.3. The van der Waals surface area contributed by atoms with Gasteiger partial charge in [-0.05, 0) is 18.6 Å². The molecule has 0 saturated carbocycles. The van der Waals surface area contributed by atoms with E-state index >= 15 is 0 Å². The lowest BCUT2D eigenvalue weighted by atomic mass is 10.2. The van der Waals surface area contributed by atoms with Crippen LogP contribution in [-0.4, -0.2) is 23.1 Å². The summed E-state index contributed by atoms with van der Waals surface area (Å²) in [6.07, 6.45) is 1.08. The fraction of sp³-hybridized carbons (Fsp3) is 0.400. The van der Waals surface area contributed by atoms with Gasteiger partial charge in [0.2, 0.25) is 0 Å². The number of urea groups is 1.